The standard InChI is InChI=1S/C19H15NO3S2/c1-11-3-4-14(12(2)9-11)10-16-17(21)20(19(24)25-16)15-7-5-13(6-8-15)18(22)23/h3-10H,1-2H3,(H,22,23)/b16-10-. The number of thiocarbonyl (C=S) groups is 1. The summed E-state index contributed by atoms with van der Waals surface area (Å²) in [7, 11) is 0. The fourth-order valence-corrected chi connectivity index (χ4v) is 3.86. The summed E-state index contributed by atoms with van der Waals surface area (Å²) >= 11 is 6.59. The van der Waals surface area contributed by atoms with Gasteiger partial charge in [0.2, 0.25) is 0 Å². The first-order valence-electron chi connectivity index (χ1n) is 7.55. The van der Waals surface area contributed by atoms with Crippen molar-refractivity contribution in [2.45, 2.75) is 13.8 Å². The average molecular weight is 369 g/mol. The van der Waals surface area contributed by atoms with Gasteiger partial charge in [0.25, 0.3) is 5.91 Å². The number of hydrogen-bond donors (Lipinski definition) is 1. The highest BCUT2D eigenvalue weighted by Crippen LogP contribution is 2.36. The first-order chi connectivity index (χ1) is 11.9. The topological polar surface area (TPSA) is 57.6 Å². The van der Waals surface area contributed by atoms with Gasteiger partial charge in [0.15, 0.2) is 4.32 Å². The molecule has 4 nitrogen and oxygen atoms in total. The zero-order valence-electron chi connectivity index (χ0n) is 13.6. The second-order valence-corrected chi connectivity index (χ2v) is 7.40. The number of aryl methyl sites for hydroxylation is 2. The second kappa shape index (κ2) is 6.82. The fraction of sp³-hybridized carbons (Fsp3) is 0.105. The SMILES string of the molecule is Cc1ccc(/C=C2\SC(=S)N(c3ccc(C(=O)O)cc3)C2=O)c(C)c1. The van der Waals surface area contributed by atoms with E-state index in [9.17, 15) is 9.59 Å². The molecule has 1 heterocycles. The minimum Gasteiger partial charge on any atom is -0.478 e. The van der Waals surface area contributed by atoms with E-state index >= 15 is 0 Å². The van der Waals surface area contributed by atoms with Crippen LogP contribution in [0.3, 0.4) is 0 Å². The van der Waals surface area contributed by atoms with Gasteiger partial charge in [-0.1, -0.05) is 47.7 Å². The number of nitrogens with zero attached hydrogens (tertiary/aromatic N) is 1. The Bertz CT molecular complexity index is 917. The molecule has 25 heavy (non-hydrogen) atoms. The van der Waals surface area contributed by atoms with Crippen LogP contribution in [-0.4, -0.2) is 21.3 Å². The number of carboxylic acids is 1. The lowest BCUT2D eigenvalue weighted by Gasteiger charge is -2.14. The number of thioether (sulfide) groups is 1. The number of anilines is 1. The van der Waals surface area contributed by atoms with Crippen molar-refractivity contribution in [1.29, 1.82) is 0 Å². The normalized spacial score (nSPS) is 15.9. The fourth-order valence-electron chi connectivity index (χ4n) is 2.57. The van der Waals surface area contributed by atoms with Crippen LogP contribution in [0.15, 0.2) is 47.4 Å². The molecule has 0 aromatic heterocycles. The minimum absolute atomic E-state index is 0.167. The number of rotatable bonds is 3. The summed E-state index contributed by atoms with van der Waals surface area (Å²) < 4.78 is 0.434. The van der Waals surface area contributed by atoms with E-state index in [0.717, 1.165) is 11.1 Å². The van der Waals surface area contributed by atoms with Crippen molar-refractivity contribution in [2.75, 3.05) is 4.90 Å². The first kappa shape index (κ1) is 17.4. The molecule has 1 saturated heterocycles. The highest BCUT2D eigenvalue weighted by Gasteiger charge is 2.33. The molecule has 0 unspecified atom stereocenters. The van der Waals surface area contributed by atoms with Crippen molar-refractivity contribution >= 4 is 51.9 Å². The third-order valence-electron chi connectivity index (χ3n) is 3.88. The molecule has 0 atom stereocenters. The van der Waals surface area contributed by atoms with E-state index in [1.54, 1.807) is 12.1 Å². The van der Waals surface area contributed by atoms with Crippen LogP contribution in [0.1, 0.15) is 27.0 Å². The largest absolute Gasteiger partial charge is 0.478 e. The Balaban J connectivity index is 1.92. The molecular formula is C19H15NO3S2. The van der Waals surface area contributed by atoms with E-state index in [-0.39, 0.29) is 11.5 Å². The highest BCUT2D eigenvalue weighted by molar-refractivity contribution is 8.27. The van der Waals surface area contributed by atoms with Gasteiger partial charge in [0.1, 0.15) is 0 Å². The van der Waals surface area contributed by atoms with Gasteiger partial charge < -0.3 is 5.11 Å². The zero-order chi connectivity index (χ0) is 18.1. The Kier molecular flexibility index (Phi) is 4.74. The van der Waals surface area contributed by atoms with Gasteiger partial charge in [-0.2, -0.15) is 0 Å². The molecule has 0 bridgehead atoms. The maximum Gasteiger partial charge on any atom is 0.335 e. The van der Waals surface area contributed by atoms with Crippen LogP contribution in [0, 0.1) is 13.8 Å². The predicted octanol–water partition coefficient (Wildman–Crippen LogP) is 4.41. The molecule has 0 saturated carbocycles. The Labute approximate surface area is 155 Å². The number of hydrogen-bond acceptors (Lipinski definition) is 4. The molecule has 6 heteroatoms. The summed E-state index contributed by atoms with van der Waals surface area (Å²) in [5.41, 5.74) is 3.97. The Morgan fingerprint density at radius 3 is 2.44 bits per heavy atom. The van der Waals surface area contributed by atoms with Crippen LogP contribution < -0.4 is 4.90 Å². The van der Waals surface area contributed by atoms with Gasteiger partial charge >= 0.3 is 5.97 Å². The summed E-state index contributed by atoms with van der Waals surface area (Å²) in [4.78, 5) is 25.7. The smallest absolute Gasteiger partial charge is 0.335 e. The van der Waals surface area contributed by atoms with E-state index < -0.39 is 5.97 Å². The van der Waals surface area contributed by atoms with Crippen LogP contribution in [-0.2, 0) is 4.79 Å². The van der Waals surface area contributed by atoms with Gasteiger partial charge in [-0.15, -0.1) is 0 Å². The minimum atomic E-state index is -1.01. The molecule has 1 N–H and O–H groups in total. The van der Waals surface area contributed by atoms with Gasteiger partial charge in [-0.05, 0) is 55.3 Å². The molecular weight excluding hydrogens is 354 g/mol. The van der Waals surface area contributed by atoms with Gasteiger partial charge in [-0.25, -0.2) is 4.79 Å². The van der Waals surface area contributed by atoms with Crippen molar-refractivity contribution in [2.24, 2.45) is 0 Å². The van der Waals surface area contributed by atoms with Crippen LogP contribution in [0.4, 0.5) is 5.69 Å². The van der Waals surface area contributed by atoms with Crippen molar-refractivity contribution < 1.29 is 14.7 Å². The molecule has 2 aromatic carbocycles. The van der Waals surface area contributed by atoms with Gasteiger partial charge in [0.05, 0.1) is 16.2 Å². The number of aromatic carboxylic acids is 1. The van der Waals surface area contributed by atoms with Crippen molar-refractivity contribution in [3.05, 3.63) is 69.6 Å². The van der Waals surface area contributed by atoms with Crippen LogP contribution in [0.25, 0.3) is 6.08 Å². The maximum absolute atomic E-state index is 12.8. The first-order valence-corrected chi connectivity index (χ1v) is 8.78. The molecule has 1 fully saturated rings. The third-order valence-corrected chi connectivity index (χ3v) is 5.18. The average Bonchev–Trinajstić information content (AvgIpc) is 2.84. The summed E-state index contributed by atoms with van der Waals surface area (Å²) in [5.74, 6) is -1.20. The lowest BCUT2D eigenvalue weighted by atomic mass is 10.1. The van der Waals surface area contributed by atoms with E-state index in [0.29, 0.717) is 14.9 Å². The Morgan fingerprint density at radius 2 is 1.84 bits per heavy atom. The predicted molar refractivity (Wildman–Crippen MR) is 105 cm³/mol. The molecule has 0 aliphatic carbocycles. The van der Waals surface area contributed by atoms with Crippen molar-refractivity contribution in [3.8, 4) is 0 Å². The lowest BCUT2D eigenvalue weighted by molar-refractivity contribution is -0.113. The molecule has 0 spiro atoms. The number of carbonyl (C=O) groups excluding carboxylic acids is 1. The highest BCUT2D eigenvalue weighted by atomic mass is 32.2. The quantitative estimate of drug-likeness (QED) is 0.642. The molecule has 1 amide bonds. The van der Waals surface area contributed by atoms with E-state index in [1.165, 1.54) is 34.4 Å². The molecule has 2 aromatic rings. The van der Waals surface area contributed by atoms with Crippen molar-refractivity contribution in [1.82, 2.24) is 0 Å². The number of benzene rings is 2. The number of amides is 1. The third kappa shape index (κ3) is 3.50. The zero-order valence-corrected chi connectivity index (χ0v) is 15.3. The summed E-state index contributed by atoms with van der Waals surface area (Å²) in [6.07, 6.45) is 1.85. The molecule has 1 aliphatic heterocycles. The van der Waals surface area contributed by atoms with Crippen LogP contribution in [0.2, 0.25) is 0 Å². The molecule has 0 radical (unpaired) electrons. The molecule has 126 valence electrons. The molecule has 1 aliphatic rings. The van der Waals surface area contributed by atoms with E-state index in [1.807, 2.05) is 32.1 Å². The van der Waals surface area contributed by atoms with E-state index in [2.05, 4.69) is 6.07 Å². The summed E-state index contributed by atoms with van der Waals surface area (Å²) in [6, 6.07) is 12.2. The Morgan fingerprint density at radius 1 is 1.16 bits per heavy atom. The monoisotopic (exact) mass is 369 g/mol. The summed E-state index contributed by atoms with van der Waals surface area (Å²) in [5, 5.41) is 8.98. The Hall–Kier alpha value is -2.44. The van der Waals surface area contributed by atoms with Gasteiger partial charge in [0, 0.05) is 0 Å². The summed E-state index contributed by atoms with van der Waals surface area (Å²) in [6.45, 7) is 4.03. The second-order valence-electron chi connectivity index (χ2n) is 5.73. The van der Waals surface area contributed by atoms with Crippen molar-refractivity contribution in [3.63, 3.8) is 0 Å². The number of carbonyl (C=O) groups is 2. The van der Waals surface area contributed by atoms with E-state index in [4.69, 9.17) is 17.3 Å². The lowest BCUT2D eigenvalue weighted by Crippen LogP contribution is -2.27. The molecule has 3 rings (SSSR count). The maximum atomic E-state index is 12.8. The number of carboxylic acid groups (broad SMARTS) is 1. The van der Waals surface area contributed by atoms with Crippen LogP contribution in [0.5, 0.6) is 0 Å². The van der Waals surface area contributed by atoms with Gasteiger partial charge in [-0.3, -0.25) is 9.69 Å². The van der Waals surface area contributed by atoms with Crippen LogP contribution >= 0.6 is 24.0 Å².